The maximum absolute atomic E-state index is 12.4. The predicted molar refractivity (Wildman–Crippen MR) is 115 cm³/mol. The van der Waals surface area contributed by atoms with Gasteiger partial charge in [-0.2, -0.15) is 0 Å². The van der Waals surface area contributed by atoms with Crippen molar-refractivity contribution in [1.82, 2.24) is 5.32 Å². The van der Waals surface area contributed by atoms with Gasteiger partial charge in [-0.05, 0) is 47.4 Å². The highest BCUT2D eigenvalue weighted by molar-refractivity contribution is 7.17. The highest BCUT2D eigenvalue weighted by atomic mass is 32.1. The molecule has 4 heteroatoms. The summed E-state index contributed by atoms with van der Waals surface area (Å²) in [5.74, 6) is 0.943. The van der Waals surface area contributed by atoms with Crippen LogP contribution in [0.2, 0.25) is 0 Å². The predicted octanol–water partition coefficient (Wildman–Crippen LogP) is 5.10. The first-order chi connectivity index (χ1) is 13.1. The fraction of sp³-hybridized carbons (Fsp3) is 0.348. The first kappa shape index (κ1) is 18.1. The molecule has 0 bridgehead atoms. The monoisotopic (exact) mass is 378 g/mol. The third-order valence-corrected chi connectivity index (χ3v) is 6.63. The van der Waals surface area contributed by atoms with Crippen LogP contribution in [0.15, 0.2) is 47.8 Å². The molecule has 0 saturated carbocycles. The Morgan fingerprint density at radius 2 is 2.04 bits per heavy atom. The van der Waals surface area contributed by atoms with Crippen molar-refractivity contribution in [1.29, 1.82) is 0 Å². The summed E-state index contributed by atoms with van der Waals surface area (Å²) >= 11 is 1.81. The van der Waals surface area contributed by atoms with Crippen LogP contribution in [-0.2, 0) is 11.2 Å². The Balaban J connectivity index is 1.47. The molecule has 1 aliphatic heterocycles. The second-order valence-corrected chi connectivity index (χ2v) is 8.49. The largest absolute Gasteiger partial charge is 0.384 e. The molecule has 0 saturated heterocycles. The molecule has 0 spiro atoms. The third-order valence-electron chi connectivity index (χ3n) is 5.67. The van der Waals surface area contributed by atoms with Gasteiger partial charge in [-0.15, -0.1) is 11.3 Å². The maximum Gasteiger partial charge on any atom is 0.220 e. The summed E-state index contributed by atoms with van der Waals surface area (Å²) in [6.45, 7) is 6.08. The Morgan fingerprint density at radius 1 is 1.22 bits per heavy atom. The van der Waals surface area contributed by atoms with Gasteiger partial charge in [0.15, 0.2) is 0 Å². The van der Waals surface area contributed by atoms with Crippen molar-refractivity contribution in [3.8, 4) is 0 Å². The number of thiophene rings is 1. The number of hydrogen-bond donors (Lipinski definition) is 2. The lowest BCUT2D eigenvalue weighted by atomic mass is 9.87. The van der Waals surface area contributed by atoms with E-state index in [4.69, 9.17) is 0 Å². The van der Waals surface area contributed by atoms with E-state index in [0.717, 1.165) is 13.0 Å². The van der Waals surface area contributed by atoms with Crippen LogP contribution in [0.25, 0.3) is 10.1 Å². The molecule has 2 unspecified atom stereocenters. The number of benzene rings is 2. The molecule has 3 aromatic rings. The van der Waals surface area contributed by atoms with Crippen molar-refractivity contribution in [3.05, 3.63) is 64.5 Å². The fourth-order valence-corrected chi connectivity index (χ4v) is 5.03. The number of nitrogens with one attached hydrogen (secondary N) is 2. The van der Waals surface area contributed by atoms with Gasteiger partial charge in [0.1, 0.15) is 0 Å². The molecule has 1 amide bonds. The van der Waals surface area contributed by atoms with Crippen molar-refractivity contribution in [2.24, 2.45) is 5.92 Å². The molecule has 2 heterocycles. The quantitative estimate of drug-likeness (QED) is 0.648. The van der Waals surface area contributed by atoms with Crippen LogP contribution in [0.5, 0.6) is 0 Å². The number of carbonyl (C=O) groups excluding carboxylic acids is 1. The fourth-order valence-electron chi connectivity index (χ4n) is 4.00. The van der Waals surface area contributed by atoms with Crippen LogP contribution in [0.3, 0.4) is 0 Å². The SMILES string of the molecule is Cc1ccc2scc3c2c1NCC(C)C3CNC(=O)CCc1ccccc1. The molecule has 0 radical (unpaired) electrons. The van der Waals surface area contributed by atoms with E-state index in [0.29, 0.717) is 24.8 Å². The molecule has 1 aliphatic rings. The summed E-state index contributed by atoms with van der Waals surface area (Å²) in [6.07, 6.45) is 1.33. The Hall–Kier alpha value is -2.33. The third kappa shape index (κ3) is 3.72. The summed E-state index contributed by atoms with van der Waals surface area (Å²) in [6, 6.07) is 14.6. The molecule has 0 aliphatic carbocycles. The number of rotatable bonds is 5. The highest BCUT2D eigenvalue weighted by Gasteiger charge is 2.27. The second-order valence-electron chi connectivity index (χ2n) is 7.58. The number of anilines is 1. The molecule has 140 valence electrons. The summed E-state index contributed by atoms with van der Waals surface area (Å²) < 4.78 is 1.33. The maximum atomic E-state index is 12.4. The minimum Gasteiger partial charge on any atom is -0.384 e. The van der Waals surface area contributed by atoms with Gasteiger partial charge in [0, 0.05) is 41.2 Å². The lowest BCUT2D eigenvalue weighted by molar-refractivity contribution is -0.121. The standard InChI is InChI=1S/C23H26N2OS/c1-15-8-10-20-22-19(14-27-20)18(16(2)12-25-23(15)22)13-24-21(26)11-9-17-6-4-3-5-7-17/h3-8,10,14,16,18,25H,9,11-13H2,1-2H3,(H,24,26). The normalized spacial score (nSPS) is 18.7. The smallest absolute Gasteiger partial charge is 0.220 e. The Morgan fingerprint density at radius 3 is 2.85 bits per heavy atom. The molecule has 27 heavy (non-hydrogen) atoms. The van der Waals surface area contributed by atoms with Crippen LogP contribution < -0.4 is 10.6 Å². The summed E-state index contributed by atoms with van der Waals surface area (Å²) in [5, 5.41) is 10.5. The van der Waals surface area contributed by atoms with Crippen LogP contribution in [0, 0.1) is 12.8 Å². The van der Waals surface area contributed by atoms with E-state index in [9.17, 15) is 4.79 Å². The van der Waals surface area contributed by atoms with Crippen LogP contribution in [-0.4, -0.2) is 19.0 Å². The molecule has 0 fully saturated rings. The van der Waals surface area contributed by atoms with Crippen LogP contribution in [0.4, 0.5) is 5.69 Å². The van der Waals surface area contributed by atoms with E-state index in [1.807, 2.05) is 18.2 Å². The van der Waals surface area contributed by atoms with E-state index < -0.39 is 0 Å². The van der Waals surface area contributed by atoms with Crippen molar-refractivity contribution < 1.29 is 4.79 Å². The lowest BCUT2D eigenvalue weighted by Gasteiger charge is -2.22. The van der Waals surface area contributed by atoms with E-state index in [1.54, 1.807) is 11.3 Å². The molecule has 1 aromatic heterocycles. The summed E-state index contributed by atoms with van der Waals surface area (Å²) in [4.78, 5) is 12.4. The van der Waals surface area contributed by atoms with E-state index >= 15 is 0 Å². The molecule has 2 aromatic carbocycles. The van der Waals surface area contributed by atoms with Gasteiger partial charge in [0.05, 0.1) is 0 Å². The van der Waals surface area contributed by atoms with E-state index in [-0.39, 0.29) is 5.91 Å². The Kier molecular flexibility index (Phi) is 5.17. The average Bonchev–Trinajstić information content (AvgIpc) is 3.04. The topological polar surface area (TPSA) is 41.1 Å². The van der Waals surface area contributed by atoms with Gasteiger partial charge in [-0.1, -0.05) is 43.3 Å². The van der Waals surface area contributed by atoms with E-state index in [1.165, 1.54) is 32.5 Å². The van der Waals surface area contributed by atoms with E-state index in [2.05, 4.69) is 54.1 Å². The first-order valence-corrected chi connectivity index (χ1v) is 10.6. The Bertz CT molecular complexity index is 948. The highest BCUT2D eigenvalue weighted by Crippen LogP contribution is 2.42. The van der Waals surface area contributed by atoms with Gasteiger partial charge in [0.2, 0.25) is 5.91 Å². The minimum absolute atomic E-state index is 0.138. The first-order valence-electron chi connectivity index (χ1n) is 9.68. The molecule has 3 nitrogen and oxygen atoms in total. The van der Waals surface area contributed by atoms with Crippen molar-refractivity contribution in [2.45, 2.75) is 32.6 Å². The number of amides is 1. The van der Waals surface area contributed by atoms with Crippen molar-refractivity contribution >= 4 is 33.0 Å². The molecular formula is C23H26N2OS. The van der Waals surface area contributed by atoms with Gasteiger partial charge in [0.25, 0.3) is 0 Å². The van der Waals surface area contributed by atoms with Crippen molar-refractivity contribution in [2.75, 3.05) is 18.4 Å². The zero-order valence-corrected chi connectivity index (χ0v) is 16.7. The van der Waals surface area contributed by atoms with Gasteiger partial charge >= 0.3 is 0 Å². The number of carbonyl (C=O) groups is 1. The minimum atomic E-state index is 0.138. The Labute approximate surface area is 164 Å². The second kappa shape index (κ2) is 7.73. The average molecular weight is 379 g/mol. The number of hydrogen-bond acceptors (Lipinski definition) is 3. The molecule has 2 atom stereocenters. The lowest BCUT2D eigenvalue weighted by Crippen LogP contribution is -2.32. The summed E-state index contributed by atoms with van der Waals surface area (Å²) in [5.41, 5.74) is 5.16. The molecular weight excluding hydrogens is 352 g/mol. The van der Waals surface area contributed by atoms with Crippen molar-refractivity contribution in [3.63, 3.8) is 0 Å². The zero-order valence-electron chi connectivity index (χ0n) is 15.9. The molecule has 2 N–H and O–H groups in total. The molecule has 4 rings (SSSR count). The van der Waals surface area contributed by atoms with Crippen LogP contribution in [0.1, 0.15) is 36.0 Å². The number of aryl methyl sites for hydroxylation is 2. The van der Waals surface area contributed by atoms with Gasteiger partial charge in [-0.3, -0.25) is 4.79 Å². The van der Waals surface area contributed by atoms with Crippen LogP contribution >= 0.6 is 11.3 Å². The van der Waals surface area contributed by atoms with Gasteiger partial charge < -0.3 is 10.6 Å². The summed E-state index contributed by atoms with van der Waals surface area (Å²) in [7, 11) is 0. The van der Waals surface area contributed by atoms with Gasteiger partial charge in [-0.25, -0.2) is 0 Å². The zero-order chi connectivity index (χ0) is 18.8.